The fraction of sp³-hybridized carbons (Fsp3) is 0.724. The van der Waals surface area contributed by atoms with E-state index >= 15 is 0 Å². The number of allylic oxidation sites excluding steroid dienone is 14. The van der Waals surface area contributed by atoms with Gasteiger partial charge in [-0.3, -0.25) is 14.2 Å². The third-order valence-corrected chi connectivity index (χ3v) is 12.4. The molecule has 0 aromatic carbocycles. The van der Waals surface area contributed by atoms with Gasteiger partial charge in [0, 0.05) is 12.8 Å². The second-order valence-electron chi connectivity index (χ2n) is 19.2. The maximum atomic E-state index is 12.8. The molecule has 0 aromatic heterocycles. The van der Waals surface area contributed by atoms with Crippen molar-refractivity contribution in [3.8, 4) is 0 Å². The molecule has 0 saturated heterocycles. The van der Waals surface area contributed by atoms with Gasteiger partial charge in [0.2, 0.25) is 0 Å². The van der Waals surface area contributed by atoms with Crippen LogP contribution < -0.4 is 4.89 Å². The lowest BCUT2D eigenvalue weighted by atomic mass is 10.1. The van der Waals surface area contributed by atoms with Crippen LogP contribution in [0, 0.1) is 0 Å². The van der Waals surface area contributed by atoms with Crippen molar-refractivity contribution >= 4 is 19.8 Å². The van der Waals surface area contributed by atoms with Crippen molar-refractivity contribution in [2.75, 3.05) is 47.5 Å². The largest absolute Gasteiger partial charge is 0.756 e. The Balaban J connectivity index is 4.29. The molecule has 0 spiro atoms. The molecule has 392 valence electrons. The van der Waals surface area contributed by atoms with Gasteiger partial charge in [-0.2, -0.15) is 0 Å². The van der Waals surface area contributed by atoms with Crippen molar-refractivity contribution in [1.82, 2.24) is 0 Å². The van der Waals surface area contributed by atoms with Crippen LogP contribution in [0.25, 0.3) is 0 Å². The van der Waals surface area contributed by atoms with Crippen molar-refractivity contribution in [3.63, 3.8) is 0 Å². The minimum atomic E-state index is -4.65. The zero-order chi connectivity index (χ0) is 49.9. The standard InChI is InChI=1S/C58H102NO8P/c1-6-8-10-12-14-16-18-20-22-24-26-28-29-31-33-35-37-39-41-43-45-47-49-51-58(61)67-56(55-66-68(62,63)65-53-52-59(3,4)5)54-64-57(60)50-48-46-44-42-40-38-36-34-32-30-27-25-23-21-19-17-15-13-11-9-7-2/h8,10,14,16,20,22,25-28,31,33,37,39,56H,6-7,9,11-13,15,17-19,21,23-24,29-30,32,34-36,38,40-55H2,1-5H3/b10-8-,16-14-,22-20-,27-25-,28-26-,33-31-,39-37-. The van der Waals surface area contributed by atoms with Crippen molar-refractivity contribution in [2.24, 2.45) is 0 Å². The van der Waals surface area contributed by atoms with Gasteiger partial charge in [0.25, 0.3) is 7.82 Å². The number of rotatable bonds is 49. The number of hydrogen-bond acceptors (Lipinski definition) is 8. The highest BCUT2D eigenvalue weighted by atomic mass is 31.2. The molecule has 0 amide bonds. The molecule has 0 aliphatic heterocycles. The number of carbonyl (C=O) groups is 2. The van der Waals surface area contributed by atoms with E-state index < -0.39 is 32.5 Å². The summed E-state index contributed by atoms with van der Waals surface area (Å²) in [6, 6.07) is 0. The lowest BCUT2D eigenvalue weighted by Crippen LogP contribution is -2.37. The van der Waals surface area contributed by atoms with E-state index in [1.54, 1.807) is 0 Å². The lowest BCUT2D eigenvalue weighted by molar-refractivity contribution is -0.870. The first-order chi connectivity index (χ1) is 33.0. The van der Waals surface area contributed by atoms with Gasteiger partial charge in [-0.25, -0.2) is 0 Å². The number of nitrogens with zero attached hydrogens (tertiary/aromatic N) is 1. The SMILES string of the molecule is CC/C=C\C/C=C\C/C=C\C/C=C\C/C=C\C/C=C\CCCCCCC(=O)OC(COC(=O)CCCCCCCCCCC/C=C\CCCCCCCCCC)COP(=O)([O-])OCC[N+](C)(C)C. The van der Waals surface area contributed by atoms with Crippen molar-refractivity contribution in [2.45, 2.75) is 225 Å². The molecule has 2 atom stereocenters. The molecule has 68 heavy (non-hydrogen) atoms. The summed E-state index contributed by atoms with van der Waals surface area (Å²) in [7, 11) is 1.14. The fourth-order valence-electron chi connectivity index (χ4n) is 7.18. The van der Waals surface area contributed by atoms with Gasteiger partial charge in [-0.1, -0.05) is 202 Å². The topological polar surface area (TPSA) is 111 Å². The van der Waals surface area contributed by atoms with E-state index in [0.717, 1.165) is 83.5 Å². The van der Waals surface area contributed by atoms with Crippen LogP contribution in [0.5, 0.6) is 0 Å². The Hall–Kier alpha value is -2.81. The third-order valence-electron chi connectivity index (χ3n) is 11.4. The van der Waals surface area contributed by atoms with Crippen LogP contribution in [0.2, 0.25) is 0 Å². The monoisotopic (exact) mass is 972 g/mol. The second-order valence-corrected chi connectivity index (χ2v) is 20.6. The van der Waals surface area contributed by atoms with E-state index in [-0.39, 0.29) is 26.1 Å². The van der Waals surface area contributed by atoms with Crippen LogP contribution in [0.3, 0.4) is 0 Å². The predicted octanol–water partition coefficient (Wildman–Crippen LogP) is 16.1. The summed E-state index contributed by atoms with van der Waals surface area (Å²) in [6.07, 6.45) is 64.7. The molecule has 0 bridgehead atoms. The van der Waals surface area contributed by atoms with Gasteiger partial charge in [0.05, 0.1) is 27.7 Å². The normalized spacial score (nSPS) is 14.0. The van der Waals surface area contributed by atoms with E-state index in [1.165, 1.54) is 103 Å². The number of esters is 2. The molecule has 0 heterocycles. The average molecular weight is 972 g/mol. The summed E-state index contributed by atoms with van der Waals surface area (Å²) in [5.41, 5.74) is 0. The Morgan fingerprint density at radius 3 is 1.26 bits per heavy atom. The number of ether oxygens (including phenoxy) is 2. The molecule has 0 aliphatic carbocycles. The minimum absolute atomic E-state index is 0.0405. The smallest absolute Gasteiger partial charge is 0.306 e. The molecule has 9 nitrogen and oxygen atoms in total. The summed E-state index contributed by atoms with van der Waals surface area (Å²) in [4.78, 5) is 37.8. The molecule has 0 aliphatic rings. The number of likely N-dealkylation sites (N-methyl/N-ethyl adjacent to an activating group) is 1. The van der Waals surface area contributed by atoms with E-state index in [2.05, 4.69) is 98.9 Å². The number of hydrogen-bond donors (Lipinski definition) is 0. The maximum Gasteiger partial charge on any atom is 0.306 e. The molecular weight excluding hydrogens is 870 g/mol. The summed E-state index contributed by atoms with van der Waals surface area (Å²) in [5, 5.41) is 0. The third kappa shape index (κ3) is 52.6. The van der Waals surface area contributed by atoms with E-state index in [0.29, 0.717) is 17.4 Å². The highest BCUT2D eigenvalue weighted by Crippen LogP contribution is 2.38. The molecular formula is C58H102NO8P. The first-order valence-corrected chi connectivity index (χ1v) is 28.8. The van der Waals surface area contributed by atoms with E-state index in [4.69, 9.17) is 18.5 Å². The average Bonchev–Trinajstić information content (AvgIpc) is 3.30. The number of carbonyl (C=O) groups excluding carboxylic acids is 2. The molecule has 2 unspecified atom stereocenters. The van der Waals surface area contributed by atoms with Gasteiger partial charge in [-0.05, 0) is 89.9 Å². The molecule has 0 fully saturated rings. The first-order valence-electron chi connectivity index (χ1n) is 27.3. The molecule has 0 saturated carbocycles. The van der Waals surface area contributed by atoms with Gasteiger partial charge >= 0.3 is 11.9 Å². The van der Waals surface area contributed by atoms with Gasteiger partial charge in [0.1, 0.15) is 19.8 Å². The summed E-state index contributed by atoms with van der Waals surface area (Å²) >= 11 is 0. The number of phosphoric acid groups is 1. The Bertz CT molecular complexity index is 1420. The Morgan fingerprint density at radius 2 is 0.838 bits per heavy atom. The van der Waals surface area contributed by atoms with E-state index in [1.807, 2.05) is 21.1 Å². The van der Waals surface area contributed by atoms with Crippen molar-refractivity contribution < 1.29 is 42.1 Å². The number of quaternary nitrogens is 1. The summed E-state index contributed by atoms with van der Waals surface area (Å²) in [5.74, 6) is -0.867. The minimum Gasteiger partial charge on any atom is -0.756 e. The fourth-order valence-corrected chi connectivity index (χ4v) is 7.91. The van der Waals surface area contributed by atoms with Gasteiger partial charge in [-0.15, -0.1) is 0 Å². The molecule has 0 rings (SSSR count). The van der Waals surface area contributed by atoms with Crippen LogP contribution in [-0.2, 0) is 32.7 Å². The summed E-state index contributed by atoms with van der Waals surface area (Å²) in [6.45, 7) is 4.09. The second kappa shape index (κ2) is 49.2. The molecule has 0 radical (unpaired) electrons. The number of unbranched alkanes of at least 4 members (excludes halogenated alkanes) is 21. The molecule has 10 heteroatoms. The van der Waals surface area contributed by atoms with Gasteiger partial charge in [0.15, 0.2) is 6.10 Å². The molecule has 0 N–H and O–H groups in total. The maximum absolute atomic E-state index is 12.8. The predicted molar refractivity (Wildman–Crippen MR) is 286 cm³/mol. The first kappa shape index (κ1) is 65.2. The zero-order valence-corrected chi connectivity index (χ0v) is 45.2. The van der Waals surface area contributed by atoms with Crippen molar-refractivity contribution in [3.05, 3.63) is 85.1 Å². The van der Waals surface area contributed by atoms with E-state index in [9.17, 15) is 19.0 Å². The zero-order valence-electron chi connectivity index (χ0n) is 44.3. The molecule has 0 aromatic rings. The van der Waals surface area contributed by atoms with Crippen LogP contribution >= 0.6 is 7.82 Å². The number of phosphoric ester groups is 1. The van der Waals surface area contributed by atoms with Crippen molar-refractivity contribution in [1.29, 1.82) is 0 Å². The highest BCUT2D eigenvalue weighted by Gasteiger charge is 2.21. The van der Waals surface area contributed by atoms with Crippen LogP contribution in [0.4, 0.5) is 0 Å². The summed E-state index contributed by atoms with van der Waals surface area (Å²) < 4.78 is 34.1. The Kier molecular flexibility index (Phi) is 47.2. The Labute approximate surface area is 418 Å². The quantitative estimate of drug-likeness (QED) is 0.0195. The Morgan fingerprint density at radius 1 is 0.471 bits per heavy atom. The lowest BCUT2D eigenvalue weighted by Gasteiger charge is -2.28. The van der Waals surface area contributed by atoms with Crippen LogP contribution in [0.15, 0.2) is 85.1 Å². The van der Waals surface area contributed by atoms with Gasteiger partial charge < -0.3 is 27.9 Å². The highest BCUT2D eigenvalue weighted by molar-refractivity contribution is 7.45. The van der Waals surface area contributed by atoms with Crippen LogP contribution in [-0.4, -0.2) is 70.0 Å². The van der Waals surface area contributed by atoms with Crippen LogP contribution in [0.1, 0.15) is 219 Å².